The highest BCUT2D eigenvalue weighted by Crippen LogP contribution is 2.32. The number of anilines is 1. The van der Waals surface area contributed by atoms with Crippen molar-refractivity contribution in [3.8, 4) is 5.75 Å². The summed E-state index contributed by atoms with van der Waals surface area (Å²) in [5.41, 5.74) is 4.73. The Morgan fingerprint density at radius 2 is 2.07 bits per heavy atom. The number of nitrogen functional groups attached to an aromatic ring is 1. The number of rotatable bonds is 3. The molecule has 0 aliphatic rings. The van der Waals surface area contributed by atoms with Crippen molar-refractivity contribution in [2.75, 3.05) is 5.73 Å². The van der Waals surface area contributed by atoms with Crippen LogP contribution in [0.2, 0.25) is 0 Å². The van der Waals surface area contributed by atoms with Gasteiger partial charge in [0.1, 0.15) is 5.75 Å². The third kappa shape index (κ3) is 1.71. The van der Waals surface area contributed by atoms with Crippen LogP contribution in [0.1, 0.15) is 5.56 Å². The van der Waals surface area contributed by atoms with Crippen molar-refractivity contribution in [3.63, 3.8) is 0 Å². The number of phenols is 1. The summed E-state index contributed by atoms with van der Waals surface area (Å²) < 4.78 is 0. The van der Waals surface area contributed by atoms with Gasteiger partial charge in [-0.3, -0.25) is 4.84 Å². The molecule has 0 bridgehead atoms. The van der Waals surface area contributed by atoms with Gasteiger partial charge in [0.15, 0.2) is 0 Å². The number of aliphatic carboxylic acids is 1. The van der Waals surface area contributed by atoms with Crippen molar-refractivity contribution < 1.29 is 25.0 Å². The largest absolute Gasteiger partial charge is 0.506 e. The van der Waals surface area contributed by atoms with Gasteiger partial charge < -0.3 is 21.1 Å². The Labute approximate surface area is 84.5 Å². The molecule has 0 fully saturated rings. The molecule has 1 atom stereocenters. The van der Waals surface area contributed by atoms with Gasteiger partial charge in [0.25, 0.3) is 0 Å². The summed E-state index contributed by atoms with van der Waals surface area (Å²) in [6.07, 6.45) is 0. The van der Waals surface area contributed by atoms with Gasteiger partial charge in [-0.25, -0.2) is 10.7 Å². The van der Waals surface area contributed by atoms with Gasteiger partial charge in [0.2, 0.25) is 0 Å². The van der Waals surface area contributed by atoms with Gasteiger partial charge in [0.05, 0.1) is 11.3 Å². The zero-order chi connectivity index (χ0) is 11.6. The number of benzene rings is 1. The molecule has 82 valence electrons. The summed E-state index contributed by atoms with van der Waals surface area (Å²) in [5.74, 6) is -0.189. The van der Waals surface area contributed by atoms with E-state index in [2.05, 4.69) is 4.84 Å². The molecular formula is C8H10N2O5. The van der Waals surface area contributed by atoms with Crippen molar-refractivity contribution in [1.82, 2.24) is 0 Å². The van der Waals surface area contributed by atoms with E-state index in [1.54, 1.807) is 0 Å². The molecule has 7 N–H and O–H groups in total. The Balaban J connectivity index is 3.37. The maximum absolute atomic E-state index is 10.7. The molecule has 0 saturated carbocycles. The fourth-order valence-corrected chi connectivity index (χ4v) is 1.08. The van der Waals surface area contributed by atoms with Gasteiger partial charge in [0, 0.05) is 0 Å². The van der Waals surface area contributed by atoms with Crippen molar-refractivity contribution in [1.29, 1.82) is 0 Å². The van der Waals surface area contributed by atoms with E-state index < -0.39 is 11.8 Å². The highest BCUT2D eigenvalue weighted by Gasteiger charge is 2.41. The lowest BCUT2D eigenvalue weighted by Gasteiger charge is -2.22. The number of para-hydroxylation sites is 1. The molecule has 0 saturated heterocycles. The standard InChI is InChI=1S/C8H10N2O5/c9-6-4(2-1-3-5(6)11)8(14,15-10)7(12)13/h1-3,11,14H,9-10H2,(H,12,13). The molecule has 0 heterocycles. The highest BCUT2D eigenvalue weighted by molar-refractivity contribution is 5.80. The normalized spacial score (nSPS) is 14.5. The molecule has 0 aliphatic heterocycles. The minimum absolute atomic E-state index is 0.312. The van der Waals surface area contributed by atoms with Crippen LogP contribution in [0.15, 0.2) is 18.2 Å². The topological polar surface area (TPSA) is 139 Å². The summed E-state index contributed by atoms with van der Waals surface area (Å²) in [7, 11) is 0. The Bertz CT molecular complexity index is 395. The lowest BCUT2D eigenvalue weighted by Crippen LogP contribution is -2.41. The van der Waals surface area contributed by atoms with Gasteiger partial charge in [-0.1, -0.05) is 12.1 Å². The Morgan fingerprint density at radius 1 is 1.47 bits per heavy atom. The van der Waals surface area contributed by atoms with Crippen LogP contribution in [0.4, 0.5) is 5.69 Å². The van der Waals surface area contributed by atoms with Crippen molar-refractivity contribution >= 4 is 11.7 Å². The van der Waals surface area contributed by atoms with Gasteiger partial charge in [-0.2, -0.15) is 0 Å². The van der Waals surface area contributed by atoms with Crippen LogP contribution in [0, 0.1) is 0 Å². The number of carboxylic acids is 1. The SMILES string of the molecule is NOC(O)(C(=O)O)c1cccc(O)c1N. The number of carboxylic acid groups (broad SMARTS) is 1. The third-order valence-electron chi connectivity index (χ3n) is 1.91. The van der Waals surface area contributed by atoms with E-state index in [0.717, 1.165) is 0 Å². The average molecular weight is 214 g/mol. The van der Waals surface area contributed by atoms with Crippen LogP contribution in [0.25, 0.3) is 0 Å². The average Bonchev–Trinajstić information content (AvgIpc) is 2.20. The number of carbonyl (C=O) groups is 1. The molecule has 0 aliphatic carbocycles. The fourth-order valence-electron chi connectivity index (χ4n) is 1.08. The van der Waals surface area contributed by atoms with E-state index in [0.29, 0.717) is 0 Å². The van der Waals surface area contributed by atoms with Crippen molar-refractivity contribution in [3.05, 3.63) is 23.8 Å². The second kappa shape index (κ2) is 3.73. The fraction of sp³-hybridized carbons (Fsp3) is 0.125. The molecule has 0 spiro atoms. The zero-order valence-corrected chi connectivity index (χ0v) is 7.54. The van der Waals surface area contributed by atoms with Crippen LogP contribution in [0.3, 0.4) is 0 Å². The minimum atomic E-state index is -2.77. The second-order valence-electron chi connectivity index (χ2n) is 2.81. The molecule has 0 radical (unpaired) electrons. The predicted octanol–water partition coefficient (Wildman–Crippen LogP) is -0.906. The first-order chi connectivity index (χ1) is 6.93. The molecule has 15 heavy (non-hydrogen) atoms. The lowest BCUT2D eigenvalue weighted by molar-refractivity contribution is -0.231. The van der Waals surface area contributed by atoms with E-state index in [9.17, 15) is 15.0 Å². The molecule has 7 heteroatoms. The summed E-state index contributed by atoms with van der Waals surface area (Å²) >= 11 is 0. The number of aromatic hydroxyl groups is 1. The maximum atomic E-state index is 10.7. The maximum Gasteiger partial charge on any atom is 0.371 e. The Kier molecular flexibility index (Phi) is 2.80. The molecule has 0 aromatic heterocycles. The number of aliphatic hydroxyl groups is 1. The lowest BCUT2D eigenvalue weighted by atomic mass is 10.0. The summed E-state index contributed by atoms with van der Waals surface area (Å²) in [5, 5.41) is 27.5. The first kappa shape index (κ1) is 11.2. The van der Waals surface area contributed by atoms with Gasteiger partial charge >= 0.3 is 11.8 Å². The van der Waals surface area contributed by atoms with E-state index in [1.165, 1.54) is 18.2 Å². The van der Waals surface area contributed by atoms with Crippen LogP contribution in [0.5, 0.6) is 5.75 Å². The molecule has 1 aromatic carbocycles. The van der Waals surface area contributed by atoms with Crippen LogP contribution >= 0.6 is 0 Å². The first-order valence-electron chi connectivity index (χ1n) is 3.85. The van der Waals surface area contributed by atoms with E-state index in [4.69, 9.17) is 16.7 Å². The summed E-state index contributed by atoms with van der Waals surface area (Å²) in [6, 6.07) is 3.71. The second-order valence-corrected chi connectivity index (χ2v) is 2.81. The first-order valence-corrected chi connectivity index (χ1v) is 3.85. The number of phenolic OH excluding ortho intramolecular Hbond substituents is 1. The quantitative estimate of drug-likeness (QED) is 0.190. The van der Waals surface area contributed by atoms with Crippen LogP contribution in [-0.2, 0) is 15.4 Å². The molecule has 1 rings (SSSR count). The van der Waals surface area contributed by atoms with Crippen molar-refractivity contribution in [2.24, 2.45) is 5.90 Å². The molecule has 0 amide bonds. The van der Waals surface area contributed by atoms with E-state index >= 15 is 0 Å². The molecule has 1 unspecified atom stereocenters. The number of hydrogen-bond donors (Lipinski definition) is 5. The van der Waals surface area contributed by atoms with Gasteiger partial charge in [-0.05, 0) is 6.07 Å². The molecular weight excluding hydrogens is 204 g/mol. The highest BCUT2D eigenvalue weighted by atomic mass is 16.7. The van der Waals surface area contributed by atoms with Gasteiger partial charge in [-0.15, -0.1) is 0 Å². The third-order valence-corrected chi connectivity index (χ3v) is 1.91. The Hall–Kier alpha value is -1.83. The Morgan fingerprint density at radius 3 is 2.53 bits per heavy atom. The number of nitrogens with two attached hydrogens (primary N) is 2. The van der Waals surface area contributed by atoms with Crippen LogP contribution < -0.4 is 11.6 Å². The smallest absolute Gasteiger partial charge is 0.371 e. The number of hydrogen-bond acceptors (Lipinski definition) is 6. The zero-order valence-electron chi connectivity index (χ0n) is 7.54. The molecule has 1 aromatic rings. The molecule has 7 nitrogen and oxygen atoms in total. The van der Waals surface area contributed by atoms with E-state index in [1.807, 2.05) is 0 Å². The van der Waals surface area contributed by atoms with Crippen LogP contribution in [-0.4, -0.2) is 21.3 Å². The van der Waals surface area contributed by atoms with Crippen molar-refractivity contribution in [2.45, 2.75) is 5.79 Å². The van der Waals surface area contributed by atoms with E-state index in [-0.39, 0.29) is 17.0 Å². The minimum Gasteiger partial charge on any atom is -0.506 e. The summed E-state index contributed by atoms with van der Waals surface area (Å²) in [4.78, 5) is 14.7. The predicted molar refractivity (Wildman–Crippen MR) is 49.3 cm³/mol. The monoisotopic (exact) mass is 214 g/mol. The summed E-state index contributed by atoms with van der Waals surface area (Å²) in [6.45, 7) is 0.